The third-order valence-corrected chi connectivity index (χ3v) is 6.02. The Morgan fingerprint density at radius 1 is 1.14 bits per heavy atom. The summed E-state index contributed by atoms with van der Waals surface area (Å²) in [4.78, 5) is 8.97. The van der Waals surface area contributed by atoms with Crippen LogP contribution in [0.5, 0.6) is 0 Å². The molecule has 0 spiro atoms. The number of H-pyrrole nitrogens is 1. The van der Waals surface area contributed by atoms with E-state index in [-0.39, 0.29) is 6.42 Å². The lowest BCUT2D eigenvalue weighted by Gasteiger charge is -2.16. The Labute approximate surface area is 169 Å². The highest BCUT2D eigenvalue weighted by Crippen LogP contribution is 2.32. The van der Waals surface area contributed by atoms with Gasteiger partial charge in [-0.25, -0.2) is 9.37 Å². The Bertz CT molecular complexity index is 951. The summed E-state index contributed by atoms with van der Waals surface area (Å²) in [6, 6.07) is 12.8. The molecule has 0 radical (unpaired) electrons. The molecule has 0 fully saturated rings. The highest BCUT2D eigenvalue weighted by atomic mass is 32.2. The Hall–Kier alpha value is -1.75. The molecule has 1 unspecified atom stereocenters. The van der Waals surface area contributed by atoms with Gasteiger partial charge in [0.1, 0.15) is 12.1 Å². The summed E-state index contributed by atoms with van der Waals surface area (Å²) in [6.07, 6.45) is 2.50. The Morgan fingerprint density at radius 2 is 1.75 bits per heavy atom. The van der Waals surface area contributed by atoms with Crippen molar-refractivity contribution in [1.82, 2.24) is 14.7 Å². The molecule has 0 bridgehead atoms. The van der Waals surface area contributed by atoms with E-state index in [0.29, 0.717) is 7.18 Å². The lowest BCUT2D eigenvalue weighted by Crippen LogP contribution is -2.07. The molecule has 7 heteroatoms. The number of aromatic nitrogens is 2. The second-order valence-electron chi connectivity index (χ2n) is 5.83. The number of nitrogens with one attached hydrogen (secondary N) is 2. The van der Waals surface area contributed by atoms with Crippen molar-refractivity contribution in [3.05, 3.63) is 48.3 Å². The van der Waals surface area contributed by atoms with Crippen molar-refractivity contribution in [2.75, 3.05) is 20.1 Å². The fourth-order valence-corrected chi connectivity index (χ4v) is 4.15. The largest absolute Gasteiger partial charge is 0.343 e. The molecule has 3 rings (SSSR count). The zero-order valence-electron chi connectivity index (χ0n) is 16.8. The van der Waals surface area contributed by atoms with Gasteiger partial charge in [-0.3, -0.25) is 9.11 Å². The maximum Gasteiger partial charge on any atom is 0.138 e. The van der Waals surface area contributed by atoms with Crippen molar-refractivity contribution < 1.29 is 8.78 Å². The summed E-state index contributed by atoms with van der Waals surface area (Å²) in [6.45, 7) is 5.10. The second kappa shape index (κ2) is 11.9. The first-order valence-electron chi connectivity index (χ1n) is 8.91. The molecule has 0 aliphatic heterocycles. The van der Waals surface area contributed by atoms with Crippen LogP contribution in [0.2, 0.25) is 0 Å². The molecule has 1 aromatic carbocycles. The summed E-state index contributed by atoms with van der Waals surface area (Å²) in [5.74, 6) is 8.49. The predicted molar refractivity (Wildman–Crippen MR) is 127 cm³/mol. The molecular weight excluding hydrogens is 395 g/mol. The fourth-order valence-electron chi connectivity index (χ4n) is 2.78. The molecule has 0 amide bonds. The minimum atomic E-state index is -1.42. The normalized spacial score (nSPS) is 10.6. The summed E-state index contributed by atoms with van der Waals surface area (Å²) in [5.41, 5.74) is 4.55. The SMILES string of the molecule is C=S(=C)(NCC)c1ccc(-c2ccnc3[nH]c(CC)cc23)cc1.CF.FCP. The van der Waals surface area contributed by atoms with Crippen molar-refractivity contribution in [2.24, 2.45) is 0 Å². The molecule has 0 aliphatic rings. The van der Waals surface area contributed by atoms with Gasteiger partial charge in [0.2, 0.25) is 0 Å². The van der Waals surface area contributed by atoms with E-state index in [0.717, 1.165) is 23.5 Å². The van der Waals surface area contributed by atoms with Crippen molar-refractivity contribution in [3.8, 4) is 11.1 Å². The number of fused-ring (bicyclic) bond motifs is 1. The average molecular weight is 426 g/mol. The summed E-state index contributed by atoms with van der Waals surface area (Å²) < 4.78 is 23.1. The Balaban J connectivity index is 0.000000717. The number of aromatic amines is 1. The molecule has 0 saturated heterocycles. The van der Waals surface area contributed by atoms with Crippen LogP contribution in [0.25, 0.3) is 22.2 Å². The van der Waals surface area contributed by atoms with Gasteiger partial charge >= 0.3 is 0 Å². The number of nitrogens with zero attached hydrogens (tertiary/aromatic N) is 1. The van der Waals surface area contributed by atoms with Gasteiger partial charge in [-0.2, -0.15) is 0 Å². The van der Waals surface area contributed by atoms with E-state index in [9.17, 15) is 8.78 Å². The first kappa shape index (κ1) is 24.3. The average Bonchev–Trinajstić information content (AvgIpc) is 3.14. The molecular formula is C21H30F2N3PS. The van der Waals surface area contributed by atoms with Crippen molar-refractivity contribution in [2.45, 2.75) is 25.2 Å². The molecule has 0 saturated carbocycles. The Morgan fingerprint density at radius 3 is 2.29 bits per heavy atom. The van der Waals surface area contributed by atoms with Crippen molar-refractivity contribution in [3.63, 3.8) is 0 Å². The predicted octanol–water partition coefficient (Wildman–Crippen LogP) is 5.72. The number of halogens is 2. The molecule has 154 valence electrons. The third kappa shape index (κ3) is 6.13. The number of benzene rings is 1. The molecule has 0 aliphatic carbocycles. The van der Waals surface area contributed by atoms with Crippen LogP contribution in [0.15, 0.2) is 47.5 Å². The van der Waals surface area contributed by atoms with Crippen LogP contribution in [-0.2, 0) is 6.42 Å². The van der Waals surface area contributed by atoms with Gasteiger partial charge < -0.3 is 4.98 Å². The van der Waals surface area contributed by atoms with Crippen LogP contribution in [0.4, 0.5) is 8.78 Å². The fraction of sp³-hybridized carbons (Fsp3) is 0.286. The summed E-state index contributed by atoms with van der Waals surface area (Å²) in [5, 5.41) is 1.17. The highest BCUT2D eigenvalue weighted by molar-refractivity contribution is 8.26. The highest BCUT2D eigenvalue weighted by Gasteiger charge is 2.08. The number of pyridine rings is 1. The summed E-state index contributed by atoms with van der Waals surface area (Å²) >= 11 is 0. The molecule has 3 nitrogen and oxygen atoms in total. The van der Waals surface area contributed by atoms with Crippen molar-refractivity contribution in [1.29, 1.82) is 0 Å². The lowest BCUT2D eigenvalue weighted by atomic mass is 10.0. The minimum absolute atomic E-state index is 0.333. The van der Waals surface area contributed by atoms with Crippen LogP contribution >= 0.6 is 18.6 Å². The second-order valence-corrected chi connectivity index (χ2v) is 8.66. The van der Waals surface area contributed by atoms with Crippen LogP contribution in [0, 0.1) is 0 Å². The van der Waals surface area contributed by atoms with Gasteiger partial charge in [0, 0.05) is 28.7 Å². The number of hydrogen-bond acceptors (Lipinski definition) is 2. The van der Waals surface area contributed by atoms with Crippen LogP contribution < -0.4 is 4.72 Å². The van der Waals surface area contributed by atoms with Crippen LogP contribution in [-0.4, -0.2) is 41.8 Å². The molecule has 1 atom stereocenters. The first-order valence-corrected chi connectivity index (χ1v) is 11.7. The quantitative estimate of drug-likeness (QED) is 0.406. The van der Waals surface area contributed by atoms with Gasteiger partial charge in [-0.1, -0.05) is 37.7 Å². The zero-order valence-corrected chi connectivity index (χ0v) is 18.7. The number of rotatable bonds is 5. The maximum absolute atomic E-state index is 10.3. The lowest BCUT2D eigenvalue weighted by molar-refractivity contribution is 0.605. The smallest absolute Gasteiger partial charge is 0.138 e. The first-order chi connectivity index (χ1) is 13.5. The maximum atomic E-state index is 10.3. The van der Waals surface area contributed by atoms with E-state index >= 15 is 0 Å². The van der Waals surface area contributed by atoms with Gasteiger partial charge in [-0.05, 0) is 41.8 Å². The van der Waals surface area contributed by atoms with E-state index in [2.05, 4.69) is 76.7 Å². The van der Waals surface area contributed by atoms with E-state index < -0.39 is 9.39 Å². The van der Waals surface area contributed by atoms with Gasteiger partial charge in [-0.15, -0.1) is 18.6 Å². The minimum Gasteiger partial charge on any atom is -0.343 e. The van der Waals surface area contributed by atoms with Crippen LogP contribution in [0.3, 0.4) is 0 Å². The van der Waals surface area contributed by atoms with E-state index in [1.807, 2.05) is 15.4 Å². The molecule has 2 N–H and O–H groups in total. The van der Waals surface area contributed by atoms with Gasteiger partial charge in [0.05, 0.1) is 7.18 Å². The third-order valence-electron chi connectivity index (χ3n) is 4.01. The zero-order chi connectivity index (χ0) is 21.2. The van der Waals surface area contributed by atoms with Gasteiger partial charge in [0.15, 0.2) is 0 Å². The molecule has 2 heterocycles. The van der Waals surface area contributed by atoms with E-state index in [4.69, 9.17) is 0 Å². The standard InChI is InChI=1S/C19H23N3S.CH4FP.CH3F/c1-5-15-13-18-17(11-12-20-19(18)22-15)14-7-9-16(10-8-14)23(3,4)21-6-2;2-1-3;1-2/h7-13,21H,3-6H2,1-2H3,(H,20,22);1,3H2;1H3. The monoisotopic (exact) mass is 425 g/mol. The summed E-state index contributed by atoms with van der Waals surface area (Å²) in [7, 11) is 0.992. The molecule has 3 aromatic rings. The Kier molecular flexibility index (Phi) is 10.4. The number of aryl methyl sites for hydroxylation is 1. The van der Waals surface area contributed by atoms with Crippen molar-refractivity contribution >= 4 is 41.4 Å². The molecule has 28 heavy (non-hydrogen) atoms. The molecule has 2 aromatic heterocycles. The topological polar surface area (TPSA) is 40.7 Å². The van der Waals surface area contributed by atoms with Gasteiger partial charge in [0.25, 0.3) is 0 Å². The number of hydrogen-bond donors (Lipinski definition) is 2. The van der Waals surface area contributed by atoms with Crippen LogP contribution in [0.1, 0.15) is 19.5 Å². The van der Waals surface area contributed by atoms with E-state index in [1.165, 1.54) is 22.2 Å². The number of alkyl halides is 2. The van der Waals surface area contributed by atoms with E-state index in [1.54, 1.807) is 0 Å².